The molecule has 2 nitrogen and oxygen atoms in total. The lowest BCUT2D eigenvalue weighted by atomic mass is 10.2. The van der Waals surface area contributed by atoms with Gasteiger partial charge in [-0.2, -0.15) is 0 Å². The molecule has 1 aromatic carbocycles. The summed E-state index contributed by atoms with van der Waals surface area (Å²) < 4.78 is 13.2. The Morgan fingerprint density at radius 2 is 2.20 bits per heavy atom. The largest absolute Gasteiger partial charge is 0.360 e. The minimum Gasteiger partial charge on any atom is -0.360 e. The summed E-state index contributed by atoms with van der Waals surface area (Å²) in [7, 11) is 0. The second kappa shape index (κ2) is 4.14. The molecule has 0 aromatic heterocycles. The van der Waals surface area contributed by atoms with Gasteiger partial charge in [0.1, 0.15) is 5.82 Å². The van der Waals surface area contributed by atoms with Crippen molar-refractivity contribution < 1.29 is 4.39 Å². The molecule has 0 amide bonds. The van der Waals surface area contributed by atoms with E-state index in [4.69, 9.17) is 12.2 Å². The molecule has 2 rings (SSSR count). The number of rotatable bonds is 2. The van der Waals surface area contributed by atoms with Crippen LogP contribution in [-0.4, -0.2) is 11.2 Å². The molecule has 1 aliphatic carbocycles. The molecule has 0 aliphatic heterocycles. The van der Waals surface area contributed by atoms with E-state index >= 15 is 0 Å². The highest BCUT2D eigenvalue weighted by molar-refractivity contribution is 7.80. The summed E-state index contributed by atoms with van der Waals surface area (Å²) in [4.78, 5) is 0. The van der Waals surface area contributed by atoms with Gasteiger partial charge in [0.25, 0.3) is 0 Å². The van der Waals surface area contributed by atoms with Gasteiger partial charge in [-0.1, -0.05) is 6.07 Å². The van der Waals surface area contributed by atoms with Gasteiger partial charge in [-0.25, -0.2) is 4.39 Å². The van der Waals surface area contributed by atoms with Crippen molar-refractivity contribution in [1.29, 1.82) is 0 Å². The maximum Gasteiger partial charge on any atom is 0.171 e. The van der Waals surface area contributed by atoms with Crippen LogP contribution in [-0.2, 0) is 0 Å². The van der Waals surface area contributed by atoms with Crippen LogP contribution in [0.1, 0.15) is 18.4 Å². The second-order valence-electron chi connectivity index (χ2n) is 3.79. The molecular weight excluding hydrogens is 211 g/mol. The van der Waals surface area contributed by atoms with E-state index in [1.807, 2.05) is 6.07 Å². The average Bonchev–Trinajstić information content (AvgIpc) is 2.97. The fourth-order valence-electron chi connectivity index (χ4n) is 1.31. The van der Waals surface area contributed by atoms with Crippen molar-refractivity contribution >= 4 is 23.0 Å². The van der Waals surface area contributed by atoms with E-state index in [0.29, 0.717) is 16.7 Å². The number of thiocarbonyl (C=S) groups is 1. The normalized spacial score (nSPS) is 14.8. The van der Waals surface area contributed by atoms with Crippen molar-refractivity contribution in [3.8, 4) is 0 Å². The molecule has 0 heterocycles. The van der Waals surface area contributed by atoms with Crippen LogP contribution in [0.2, 0.25) is 0 Å². The van der Waals surface area contributed by atoms with Gasteiger partial charge in [0, 0.05) is 17.3 Å². The van der Waals surface area contributed by atoms with E-state index in [2.05, 4.69) is 10.6 Å². The Morgan fingerprint density at radius 3 is 2.87 bits per heavy atom. The fourth-order valence-corrected chi connectivity index (χ4v) is 1.59. The number of hydrogen-bond donors (Lipinski definition) is 2. The van der Waals surface area contributed by atoms with Crippen molar-refractivity contribution in [1.82, 2.24) is 5.32 Å². The van der Waals surface area contributed by atoms with E-state index in [-0.39, 0.29) is 5.82 Å². The van der Waals surface area contributed by atoms with E-state index in [1.54, 1.807) is 13.0 Å². The van der Waals surface area contributed by atoms with Crippen LogP contribution in [0, 0.1) is 12.7 Å². The Balaban J connectivity index is 2.02. The van der Waals surface area contributed by atoms with Crippen LogP contribution < -0.4 is 10.6 Å². The quantitative estimate of drug-likeness (QED) is 0.755. The van der Waals surface area contributed by atoms with Crippen molar-refractivity contribution in [3.05, 3.63) is 29.6 Å². The predicted molar refractivity (Wildman–Crippen MR) is 63.5 cm³/mol. The number of halogens is 1. The van der Waals surface area contributed by atoms with Gasteiger partial charge >= 0.3 is 0 Å². The van der Waals surface area contributed by atoms with Gasteiger partial charge in [-0.3, -0.25) is 0 Å². The Morgan fingerprint density at radius 1 is 1.47 bits per heavy atom. The number of anilines is 1. The Kier molecular flexibility index (Phi) is 2.86. The van der Waals surface area contributed by atoms with Gasteiger partial charge in [0.05, 0.1) is 0 Å². The smallest absolute Gasteiger partial charge is 0.171 e. The highest BCUT2D eigenvalue weighted by Gasteiger charge is 2.21. The minimum atomic E-state index is -0.214. The second-order valence-corrected chi connectivity index (χ2v) is 4.19. The number of benzene rings is 1. The molecule has 0 unspecified atom stereocenters. The molecule has 80 valence electrons. The lowest BCUT2D eigenvalue weighted by molar-refractivity contribution is 0.619. The third kappa shape index (κ3) is 2.65. The minimum absolute atomic E-state index is 0.214. The van der Waals surface area contributed by atoms with E-state index in [0.717, 1.165) is 5.69 Å². The lowest BCUT2D eigenvalue weighted by Crippen LogP contribution is -2.30. The van der Waals surface area contributed by atoms with Crippen LogP contribution in [0.25, 0.3) is 0 Å². The first-order chi connectivity index (χ1) is 7.16. The molecule has 15 heavy (non-hydrogen) atoms. The summed E-state index contributed by atoms with van der Waals surface area (Å²) in [5, 5.41) is 6.72. The average molecular weight is 224 g/mol. The van der Waals surface area contributed by atoms with Crippen molar-refractivity contribution in [3.63, 3.8) is 0 Å². The summed E-state index contributed by atoms with van der Waals surface area (Å²) in [6.07, 6.45) is 2.34. The third-order valence-corrected chi connectivity index (χ3v) is 2.65. The Labute approximate surface area is 93.9 Å². The monoisotopic (exact) mass is 224 g/mol. The fraction of sp³-hybridized carbons (Fsp3) is 0.364. The van der Waals surface area contributed by atoms with Gasteiger partial charge in [-0.15, -0.1) is 0 Å². The van der Waals surface area contributed by atoms with Crippen molar-refractivity contribution in [2.45, 2.75) is 25.8 Å². The highest BCUT2D eigenvalue weighted by atomic mass is 32.1. The zero-order chi connectivity index (χ0) is 10.8. The highest BCUT2D eigenvalue weighted by Crippen LogP contribution is 2.20. The van der Waals surface area contributed by atoms with Gasteiger partial charge in [0.2, 0.25) is 0 Å². The van der Waals surface area contributed by atoms with E-state index in [1.165, 1.54) is 18.9 Å². The Bertz CT molecular complexity index is 388. The van der Waals surface area contributed by atoms with Crippen LogP contribution in [0.3, 0.4) is 0 Å². The summed E-state index contributed by atoms with van der Waals surface area (Å²) in [5.74, 6) is -0.214. The summed E-state index contributed by atoms with van der Waals surface area (Å²) in [6, 6.07) is 5.44. The van der Waals surface area contributed by atoms with E-state index < -0.39 is 0 Å². The SMILES string of the molecule is Cc1c(F)cccc1NC(=S)NC1CC1. The van der Waals surface area contributed by atoms with Crippen molar-refractivity contribution in [2.24, 2.45) is 0 Å². The summed E-state index contributed by atoms with van der Waals surface area (Å²) in [6.45, 7) is 1.73. The molecular formula is C11H13FN2S. The molecule has 0 saturated heterocycles. The molecule has 1 aliphatic rings. The standard InChI is InChI=1S/C11H13FN2S/c1-7-9(12)3-2-4-10(7)14-11(15)13-8-5-6-8/h2-4,8H,5-6H2,1H3,(H2,13,14,15). The molecule has 1 saturated carbocycles. The Hall–Kier alpha value is -1.16. The van der Waals surface area contributed by atoms with Crippen molar-refractivity contribution in [2.75, 3.05) is 5.32 Å². The maximum absolute atomic E-state index is 13.2. The zero-order valence-electron chi connectivity index (χ0n) is 8.51. The molecule has 0 spiro atoms. The third-order valence-electron chi connectivity index (χ3n) is 2.43. The molecule has 2 N–H and O–H groups in total. The molecule has 0 atom stereocenters. The van der Waals surface area contributed by atoms with Gasteiger partial charge in [0.15, 0.2) is 5.11 Å². The molecule has 0 radical (unpaired) electrons. The molecule has 1 fully saturated rings. The first-order valence-electron chi connectivity index (χ1n) is 4.99. The van der Waals surface area contributed by atoms with Gasteiger partial charge in [-0.05, 0) is 44.1 Å². The topological polar surface area (TPSA) is 24.1 Å². The molecule has 0 bridgehead atoms. The first-order valence-corrected chi connectivity index (χ1v) is 5.40. The van der Waals surface area contributed by atoms with Crippen LogP contribution in [0.15, 0.2) is 18.2 Å². The first kappa shape index (κ1) is 10.4. The molecule has 1 aromatic rings. The van der Waals surface area contributed by atoms with Crippen LogP contribution in [0.4, 0.5) is 10.1 Å². The zero-order valence-corrected chi connectivity index (χ0v) is 9.33. The van der Waals surface area contributed by atoms with Gasteiger partial charge < -0.3 is 10.6 Å². The lowest BCUT2D eigenvalue weighted by Gasteiger charge is -2.11. The summed E-state index contributed by atoms with van der Waals surface area (Å²) >= 11 is 5.11. The maximum atomic E-state index is 13.2. The number of nitrogens with one attached hydrogen (secondary N) is 2. The number of hydrogen-bond acceptors (Lipinski definition) is 1. The summed E-state index contributed by atoms with van der Waals surface area (Å²) in [5.41, 5.74) is 1.32. The molecule has 4 heteroatoms. The van der Waals surface area contributed by atoms with Crippen LogP contribution >= 0.6 is 12.2 Å². The predicted octanol–water partition coefficient (Wildman–Crippen LogP) is 2.58. The van der Waals surface area contributed by atoms with E-state index in [9.17, 15) is 4.39 Å². The van der Waals surface area contributed by atoms with Crippen LogP contribution in [0.5, 0.6) is 0 Å².